The maximum absolute atomic E-state index is 12.8. The number of carboxylic acid groups (broad SMARTS) is 1. The molecule has 0 aliphatic heterocycles. The second-order valence-corrected chi connectivity index (χ2v) is 5.31. The van der Waals surface area contributed by atoms with Crippen LogP contribution in [0.4, 0.5) is 13.2 Å². The lowest BCUT2D eigenvalue weighted by molar-refractivity contribution is -0.138. The van der Waals surface area contributed by atoms with E-state index in [0.29, 0.717) is 6.42 Å². The van der Waals surface area contributed by atoms with Crippen molar-refractivity contribution in [3.05, 3.63) is 47.8 Å². The number of aliphatic carboxylic acids is 1. The molecule has 1 N–H and O–H groups in total. The number of alkyl halides is 3. The van der Waals surface area contributed by atoms with Crippen LogP contribution >= 0.6 is 0 Å². The smallest absolute Gasteiger partial charge is 0.416 e. The fourth-order valence-corrected chi connectivity index (χ4v) is 2.25. The summed E-state index contributed by atoms with van der Waals surface area (Å²) in [5, 5.41) is 12.8. The molecule has 0 spiro atoms. The number of carboxylic acids is 1. The van der Waals surface area contributed by atoms with Crippen LogP contribution in [0.1, 0.15) is 29.4 Å². The van der Waals surface area contributed by atoms with Crippen molar-refractivity contribution in [3.8, 4) is 5.69 Å². The topological polar surface area (TPSA) is 75.4 Å². The fourth-order valence-electron chi connectivity index (χ4n) is 2.25. The largest absolute Gasteiger partial charge is 0.480 e. The highest BCUT2D eigenvalue weighted by Gasteiger charge is 2.30. The number of carbonyl (C=O) groups excluding carboxylic acids is 1. The summed E-state index contributed by atoms with van der Waals surface area (Å²) in [6, 6.07) is 5.87. The first-order chi connectivity index (χ1) is 11.7. The van der Waals surface area contributed by atoms with E-state index in [9.17, 15) is 22.8 Å². The van der Waals surface area contributed by atoms with Gasteiger partial charge in [0.1, 0.15) is 6.54 Å². The van der Waals surface area contributed by atoms with Crippen LogP contribution in [0.3, 0.4) is 0 Å². The summed E-state index contributed by atoms with van der Waals surface area (Å²) in [4.78, 5) is 24.3. The monoisotopic (exact) mass is 355 g/mol. The Morgan fingerprint density at radius 2 is 2.00 bits per heavy atom. The molecule has 0 atom stereocenters. The Hall–Kier alpha value is -2.84. The number of carbonyl (C=O) groups is 2. The summed E-state index contributed by atoms with van der Waals surface area (Å²) in [5.74, 6) is -1.74. The van der Waals surface area contributed by atoms with E-state index < -0.39 is 30.2 Å². The first kappa shape index (κ1) is 18.5. The molecule has 2 rings (SSSR count). The normalized spacial score (nSPS) is 11.4. The third kappa shape index (κ3) is 4.59. The summed E-state index contributed by atoms with van der Waals surface area (Å²) in [6.07, 6.45) is -2.57. The second kappa shape index (κ2) is 7.37. The van der Waals surface area contributed by atoms with Gasteiger partial charge < -0.3 is 10.0 Å². The Balaban J connectivity index is 2.27. The molecule has 134 valence electrons. The van der Waals surface area contributed by atoms with Gasteiger partial charge in [0.05, 0.1) is 11.3 Å². The zero-order valence-electron chi connectivity index (χ0n) is 13.3. The van der Waals surface area contributed by atoms with Crippen molar-refractivity contribution in [2.45, 2.75) is 19.5 Å². The van der Waals surface area contributed by atoms with Crippen LogP contribution in [0.5, 0.6) is 0 Å². The number of benzene rings is 1. The summed E-state index contributed by atoms with van der Waals surface area (Å²) in [7, 11) is 0. The molecular formula is C16H16F3N3O3. The molecule has 1 amide bonds. The SMILES string of the molecule is CCCN(CC(=O)O)C(=O)c1ccn(-c2cccc(C(F)(F)F)c2)n1. The number of hydrogen-bond acceptors (Lipinski definition) is 3. The third-order valence-corrected chi connectivity index (χ3v) is 3.35. The van der Waals surface area contributed by atoms with Gasteiger partial charge in [-0.3, -0.25) is 9.59 Å². The molecular weight excluding hydrogens is 339 g/mol. The highest BCUT2D eigenvalue weighted by atomic mass is 19.4. The minimum absolute atomic E-state index is 0.0351. The quantitative estimate of drug-likeness (QED) is 0.865. The maximum atomic E-state index is 12.8. The molecule has 0 saturated heterocycles. The van der Waals surface area contributed by atoms with Gasteiger partial charge >= 0.3 is 12.1 Å². The van der Waals surface area contributed by atoms with Crippen molar-refractivity contribution in [3.63, 3.8) is 0 Å². The first-order valence-corrected chi connectivity index (χ1v) is 7.46. The molecule has 9 heteroatoms. The van der Waals surface area contributed by atoms with Crippen LogP contribution in [-0.2, 0) is 11.0 Å². The molecule has 0 bridgehead atoms. The Bertz CT molecular complexity index is 771. The Morgan fingerprint density at radius 3 is 2.60 bits per heavy atom. The Morgan fingerprint density at radius 1 is 1.28 bits per heavy atom. The third-order valence-electron chi connectivity index (χ3n) is 3.35. The highest BCUT2D eigenvalue weighted by molar-refractivity contribution is 5.94. The molecule has 2 aromatic rings. The maximum Gasteiger partial charge on any atom is 0.416 e. The lowest BCUT2D eigenvalue weighted by Crippen LogP contribution is -2.36. The van der Waals surface area contributed by atoms with Gasteiger partial charge in [0.15, 0.2) is 5.69 Å². The number of rotatable bonds is 6. The Kier molecular flexibility index (Phi) is 5.45. The molecule has 0 aliphatic rings. The fraction of sp³-hybridized carbons (Fsp3) is 0.312. The van der Waals surface area contributed by atoms with Crippen molar-refractivity contribution < 1.29 is 27.9 Å². The van der Waals surface area contributed by atoms with E-state index in [-0.39, 0.29) is 17.9 Å². The van der Waals surface area contributed by atoms with Crippen molar-refractivity contribution in [2.75, 3.05) is 13.1 Å². The number of halogens is 3. The lowest BCUT2D eigenvalue weighted by Gasteiger charge is -2.18. The molecule has 0 aliphatic carbocycles. The molecule has 1 heterocycles. The summed E-state index contributed by atoms with van der Waals surface area (Å²) in [5.41, 5.74) is -0.715. The number of nitrogens with zero attached hydrogens (tertiary/aromatic N) is 3. The van der Waals surface area contributed by atoms with Crippen LogP contribution in [0.25, 0.3) is 5.69 Å². The van der Waals surface area contributed by atoms with E-state index in [4.69, 9.17) is 5.11 Å². The van der Waals surface area contributed by atoms with Crippen molar-refractivity contribution in [1.29, 1.82) is 0 Å². The summed E-state index contributed by atoms with van der Waals surface area (Å²) >= 11 is 0. The van der Waals surface area contributed by atoms with E-state index in [1.165, 1.54) is 24.4 Å². The van der Waals surface area contributed by atoms with Gasteiger partial charge in [0.25, 0.3) is 5.91 Å². The average Bonchev–Trinajstić information content (AvgIpc) is 3.02. The van der Waals surface area contributed by atoms with E-state index in [0.717, 1.165) is 21.7 Å². The van der Waals surface area contributed by atoms with Crippen molar-refractivity contribution in [2.24, 2.45) is 0 Å². The van der Waals surface area contributed by atoms with Crippen LogP contribution < -0.4 is 0 Å². The van der Waals surface area contributed by atoms with Gasteiger partial charge in [0, 0.05) is 12.7 Å². The van der Waals surface area contributed by atoms with Gasteiger partial charge in [-0.05, 0) is 30.7 Å². The number of aromatic nitrogens is 2. The number of amides is 1. The molecule has 1 aromatic heterocycles. The van der Waals surface area contributed by atoms with Crippen LogP contribution in [0.15, 0.2) is 36.5 Å². The van der Waals surface area contributed by atoms with Gasteiger partial charge in [-0.1, -0.05) is 13.0 Å². The second-order valence-electron chi connectivity index (χ2n) is 5.31. The van der Waals surface area contributed by atoms with Gasteiger partial charge in [-0.2, -0.15) is 18.3 Å². The predicted molar refractivity (Wildman–Crippen MR) is 82.4 cm³/mol. The molecule has 0 unspecified atom stereocenters. The van der Waals surface area contributed by atoms with Crippen LogP contribution in [-0.4, -0.2) is 44.8 Å². The zero-order chi connectivity index (χ0) is 18.6. The van der Waals surface area contributed by atoms with E-state index in [1.54, 1.807) is 6.92 Å². The minimum Gasteiger partial charge on any atom is -0.480 e. The van der Waals surface area contributed by atoms with Gasteiger partial charge in [-0.25, -0.2) is 4.68 Å². The minimum atomic E-state index is -4.48. The number of hydrogen-bond donors (Lipinski definition) is 1. The van der Waals surface area contributed by atoms with E-state index in [1.807, 2.05) is 0 Å². The first-order valence-electron chi connectivity index (χ1n) is 7.46. The zero-order valence-corrected chi connectivity index (χ0v) is 13.3. The summed E-state index contributed by atoms with van der Waals surface area (Å²) in [6.45, 7) is 1.56. The molecule has 1 aromatic carbocycles. The molecule has 0 saturated carbocycles. The molecule has 6 nitrogen and oxygen atoms in total. The molecule has 0 radical (unpaired) electrons. The average molecular weight is 355 g/mol. The molecule has 25 heavy (non-hydrogen) atoms. The standard InChI is InChI=1S/C16H16F3N3O3/c1-2-7-21(10-14(23)24)15(25)13-6-8-22(20-13)12-5-3-4-11(9-12)16(17,18)19/h3-6,8-9H,2,7,10H2,1H3,(H,23,24). The highest BCUT2D eigenvalue weighted by Crippen LogP contribution is 2.30. The molecule has 0 fully saturated rings. The van der Waals surface area contributed by atoms with E-state index >= 15 is 0 Å². The summed E-state index contributed by atoms with van der Waals surface area (Å²) < 4.78 is 39.5. The van der Waals surface area contributed by atoms with Crippen molar-refractivity contribution >= 4 is 11.9 Å². The Labute approximate surface area is 141 Å². The van der Waals surface area contributed by atoms with Gasteiger partial charge in [0.2, 0.25) is 0 Å². The van der Waals surface area contributed by atoms with Gasteiger partial charge in [-0.15, -0.1) is 0 Å². The van der Waals surface area contributed by atoms with Crippen LogP contribution in [0, 0.1) is 0 Å². The predicted octanol–water partition coefficient (Wildman–Crippen LogP) is 2.83. The van der Waals surface area contributed by atoms with Crippen LogP contribution in [0.2, 0.25) is 0 Å². The van der Waals surface area contributed by atoms with E-state index in [2.05, 4.69) is 5.10 Å². The lowest BCUT2D eigenvalue weighted by atomic mass is 10.2. The van der Waals surface area contributed by atoms with Crippen molar-refractivity contribution in [1.82, 2.24) is 14.7 Å².